The summed E-state index contributed by atoms with van der Waals surface area (Å²) in [6.45, 7) is 3.61. The van der Waals surface area contributed by atoms with E-state index >= 15 is 0 Å². The van der Waals surface area contributed by atoms with Crippen molar-refractivity contribution in [2.24, 2.45) is 5.41 Å². The highest BCUT2D eigenvalue weighted by Gasteiger charge is 2.59. The van der Waals surface area contributed by atoms with E-state index in [0.717, 1.165) is 26.1 Å². The van der Waals surface area contributed by atoms with Gasteiger partial charge in [-0.1, -0.05) is 6.92 Å². The van der Waals surface area contributed by atoms with Gasteiger partial charge in [0.1, 0.15) is 0 Å². The summed E-state index contributed by atoms with van der Waals surface area (Å²) in [6, 6.07) is 0. The van der Waals surface area contributed by atoms with E-state index in [2.05, 4.69) is 6.92 Å². The Balaban J connectivity index is 2.11. The average Bonchev–Trinajstić information content (AvgIpc) is 2.43. The Bertz CT molecular complexity index is 134. The lowest BCUT2D eigenvalue weighted by Crippen LogP contribution is -2.50. The Morgan fingerprint density at radius 1 is 1.33 bits per heavy atom. The van der Waals surface area contributed by atoms with Gasteiger partial charge in [-0.3, -0.25) is 0 Å². The van der Waals surface area contributed by atoms with Gasteiger partial charge in [0.15, 0.2) is 0 Å². The fourth-order valence-electron chi connectivity index (χ4n) is 1.40. The molecule has 2 heteroatoms. The third kappa shape index (κ3) is 0.578. The first-order valence-electron chi connectivity index (χ1n) is 3.47. The van der Waals surface area contributed by atoms with Gasteiger partial charge in [-0.2, -0.15) is 0 Å². The van der Waals surface area contributed by atoms with Crippen LogP contribution in [0.4, 0.5) is 0 Å². The van der Waals surface area contributed by atoms with E-state index in [9.17, 15) is 5.11 Å². The Labute approximate surface area is 54.8 Å². The minimum Gasteiger partial charge on any atom is -0.389 e. The van der Waals surface area contributed by atoms with E-state index in [0.29, 0.717) is 0 Å². The van der Waals surface area contributed by atoms with E-state index in [1.165, 1.54) is 0 Å². The quantitative estimate of drug-likeness (QED) is 0.558. The topological polar surface area (TPSA) is 29.5 Å². The largest absolute Gasteiger partial charge is 0.389 e. The van der Waals surface area contributed by atoms with Crippen molar-refractivity contribution in [3.05, 3.63) is 0 Å². The van der Waals surface area contributed by atoms with E-state index in [-0.39, 0.29) is 11.0 Å². The third-order valence-corrected chi connectivity index (χ3v) is 2.69. The van der Waals surface area contributed by atoms with Crippen molar-refractivity contribution in [2.75, 3.05) is 13.2 Å². The lowest BCUT2D eigenvalue weighted by molar-refractivity contribution is -0.172. The number of aliphatic hydroxyl groups is 1. The molecule has 1 N–H and O–H groups in total. The van der Waals surface area contributed by atoms with Crippen molar-refractivity contribution in [1.29, 1.82) is 0 Å². The second-order valence-corrected chi connectivity index (χ2v) is 3.59. The molecule has 9 heavy (non-hydrogen) atoms. The second kappa shape index (κ2) is 1.32. The molecule has 52 valence electrons. The van der Waals surface area contributed by atoms with Gasteiger partial charge in [0.05, 0.1) is 18.8 Å². The molecule has 2 fully saturated rings. The van der Waals surface area contributed by atoms with Crippen LogP contribution in [0.15, 0.2) is 0 Å². The van der Waals surface area contributed by atoms with Gasteiger partial charge in [0.25, 0.3) is 0 Å². The maximum absolute atomic E-state index is 9.63. The molecule has 0 spiro atoms. The first kappa shape index (κ1) is 5.69. The number of ether oxygens (including phenoxy) is 1. The van der Waals surface area contributed by atoms with Crippen molar-refractivity contribution in [3.63, 3.8) is 0 Å². The smallest absolute Gasteiger partial charge is 0.0747 e. The van der Waals surface area contributed by atoms with Crippen LogP contribution in [-0.2, 0) is 4.74 Å². The van der Waals surface area contributed by atoms with Crippen LogP contribution in [0.5, 0.6) is 0 Å². The van der Waals surface area contributed by atoms with Crippen molar-refractivity contribution < 1.29 is 9.84 Å². The summed E-state index contributed by atoms with van der Waals surface area (Å²) in [4.78, 5) is 0. The monoisotopic (exact) mass is 128 g/mol. The second-order valence-electron chi connectivity index (χ2n) is 3.59. The van der Waals surface area contributed by atoms with Crippen LogP contribution in [0.2, 0.25) is 0 Å². The first-order valence-corrected chi connectivity index (χ1v) is 3.47. The van der Waals surface area contributed by atoms with E-state index in [1.807, 2.05) is 0 Å². The summed E-state index contributed by atoms with van der Waals surface area (Å²) < 4.78 is 5.04. The van der Waals surface area contributed by atoms with Gasteiger partial charge in [0, 0.05) is 5.41 Å². The summed E-state index contributed by atoms with van der Waals surface area (Å²) in [5, 5.41) is 9.63. The molecule has 1 aliphatic heterocycles. The SMILES string of the molecule is CC1(C2(O)CC2)COC1. The van der Waals surface area contributed by atoms with Crippen molar-refractivity contribution in [2.45, 2.75) is 25.4 Å². The molecule has 0 bridgehead atoms. The molecule has 2 nitrogen and oxygen atoms in total. The Hall–Kier alpha value is -0.0800. The van der Waals surface area contributed by atoms with Gasteiger partial charge >= 0.3 is 0 Å². The molecule has 0 aromatic heterocycles. The predicted octanol–water partition coefficient (Wildman–Crippen LogP) is 0.548. The van der Waals surface area contributed by atoms with Crippen LogP contribution in [0.3, 0.4) is 0 Å². The number of rotatable bonds is 1. The lowest BCUT2D eigenvalue weighted by Gasteiger charge is -2.42. The van der Waals surface area contributed by atoms with Crippen LogP contribution in [0, 0.1) is 5.41 Å². The van der Waals surface area contributed by atoms with Gasteiger partial charge in [0.2, 0.25) is 0 Å². The van der Waals surface area contributed by atoms with Crippen molar-refractivity contribution >= 4 is 0 Å². The van der Waals surface area contributed by atoms with Gasteiger partial charge in [-0.05, 0) is 12.8 Å². The fraction of sp³-hybridized carbons (Fsp3) is 1.00. The molecule has 0 amide bonds. The summed E-state index contributed by atoms with van der Waals surface area (Å²) in [6.07, 6.45) is 1.96. The van der Waals surface area contributed by atoms with Crippen LogP contribution >= 0.6 is 0 Å². The molecule has 1 aliphatic carbocycles. The highest BCUT2D eigenvalue weighted by atomic mass is 16.5. The van der Waals surface area contributed by atoms with Gasteiger partial charge in [-0.15, -0.1) is 0 Å². The highest BCUT2D eigenvalue weighted by molar-refractivity contribution is 5.09. The van der Waals surface area contributed by atoms with Gasteiger partial charge < -0.3 is 9.84 Å². The molecule has 1 saturated heterocycles. The summed E-state index contributed by atoms with van der Waals surface area (Å²) >= 11 is 0. The minimum absolute atomic E-state index is 0.104. The predicted molar refractivity (Wildman–Crippen MR) is 33.1 cm³/mol. The lowest BCUT2D eigenvalue weighted by atomic mass is 9.80. The molecule has 0 atom stereocenters. The molecular weight excluding hydrogens is 116 g/mol. The fourth-order valence-corrected chi connectivity index (χ4v) is 1.40. The van der Waals surface area contributed by atoms with E-state index < -0.39 is 0 Å². The summed E-state index contributed by atoms with van der Waals surface area (Å²) in [5.74, 6) is 0. The first-order chi connectivity index (χ1) is 4.16. The molecule has 2 rings (SSSR count). The number of hydrogen-bond acceptors (Lipinski definition) is 2. The highest BCUT2D eigenvalue weighted by Crippen LogP contribution is 2.53. The molecule has 0 radical (unpaired) electrons. The van der Waals surface area contributed by atoms with Crippen LogP contribution < -0.4 is 0 Å². The average molecular weight is 128 g/mol. The zero-order chi connectivity index (χ0) is 6.54. The zero-order valence-electron chi connectivity index (χ0n) is 5.68. The molecule has 0 aromatic rings. The third-order valence-electron chi connectivity index (χ3n) is 2.69. The molecule has 1 heterocycles. The maximum Gasteiger partial charge on any atom is 0.0747 e. The maximum atomic E-state index is 9.63. The summed E-state index contributed by atoms with van der Waals surface area (Å²) in [5.41, 5.74) is -0.238. The standard InChI is InChI=1S/C7H12O2/c1-6(4-9-5-6)7(8)2-3-7/h8H,2-5H2,1H3. The molecule has 0 aromatic carbocycles. The Kier molecular flexibility index (Phi) is 0.837. The van der Waals surface area contributed by atoms with E-state index in [1.54, 1.807) is 0 Å². The Morgan fingerprint density at radius 3 is 2.00 bits per heavy atom. The zero-order valence-corrected chi connectivity index (χ0v) is 5.68. The Morgan fingerprint density at radius 2 is 1.89 bits per heavy atom. The van der Waals surface area contributed by atoms with Crippen LogP contribution in [0.1, 0.15) is 19.8 Å². The normalized spacial score (nSPS) is 35.3. The molecular formula is C7H12O2. The van der Waals surface area contributed by atoms with Crippen molar-refractivity contribution in [1.82, 2.24) is 0 Å². The molecule has 1 saturated carbocycles. The van der Waals surface area contributed by atoms with Crippen molar-refractivity contribution in [3.8, 4) is 0 Å². The van der Waals surface area contributed by atoms with E-state index in [4.69, 9.17) is 4.74 Å². The van der Waals surface area contributed by atoms with Crippen LogP contribution in [-0.4, -0.2) is 23.9 Å². The van der Waals surface area contributed by atoms with Gasteiger partial charge in [-0.25, -0.2) is 0 Å². The number of hydrogen-bond donors (Lipinski definition) is 1. The summed E-state index contributed by atoms with van der Waals surface area (Å²) in [7, 11) is 0. The minimum atomic E-state index is -0.342. The molecule has 2 aliphatic rings. The molecule has 0 unspecified atom stereocenters. The van der Waals surface area contributed by atoms with Crippen LogP contribution in [0.25, 0.3) is 0 Å².